The molecule has 3 rings (SSSR count). The van der Waals surface area contributed by atoms with Crippen LogP contribution in [-0.4, -0.2) is 5.78 Å². The molecule has 2 atom stereocenters. The molecular weight excluding hydrogens is 224 g/mol. The highest BCUT2D eigenvalue weighted by Gasteiger charge is 2.46. The summed E-state index contributed by atoms with van der Waals surface area (Å²) in [6.07, 6.45) is 10.5. The Kier molecular flexibility index (Phi) is 2.89. The van der Waals surface area contributed by atoms with Gasteiger partial charge in [-0.15, -0.1) is 0 Å². The lowest BCUT2D eigenvalue weighted by Gasteiger charge is -2.44. The van der Waals surface area contributed by atoms with E-state index in [0.717, 1.165) is 30.6 Å². The van der Waals surface area contributed by atoms with Crippen LogP contribution in [0.1, 0.15) is 51.2 Å². The number of furan rings is 1. The second-order valence-corrected chi connectivity index (χ2v) is 5.91. The van der Waals surface area contributed by atoms with Crippen LogP contribution < -0.4 is 0 Å². The maximum absolute atomic E-state index is 12.7. The van der Waals surface area contributed by atoms with Gasteiger partial charge in [0.15, 0.2) is 5.78 Å². The van der Waals surface area contributed by atoms with E-state index in [1.54, 1.807) is 6.26 Å². The monoisotopic (exact) mass is 244 g/mol. The van der Waals surface area contributed by atoms with Crippen LogP contribution in [0.3, 0.4) is 0 Å². The van der Waals surface area contributed by atoms with Crippen molar-refractivity contribution in [2.45, 2.75) is 45.4 Å². The molecule has 2 unspecified atom stereocenters. The summed E-state index contributed by atoms with van der Waals surface area (Å²) in [4.78, 5) is 12.7. The largest absolute Gasteiger partial charge is 0.465 e. The number of Topliss-reactive ketones (excluding diaryl/α,β-unsaturated/α-hetero) is 1. The Morgan fingerprint density at radius 3 is 3.06 bits per heavy atom. The molecule has 0 bridgehead atoms. The third kappa shape index (κ3) is 1.84. The van der Waals surface area contributed by atoms with Crippen molar-refractivity contribution in [1.82, 2.24) is 0 Å². The molecule has 2 nitrogen and oxygen atoms in total. The van der Waals surface area contributed by atoms with Gasteiger partial charge in [0.1, 0.15) is 5.76 Å². The SMILES string of the molecule is CC12CCCCC1CCC(=Cc1ccco1)C2=O. The number of rotatable bonds is 1. The van der Waals surface area contributed by atoms with Crippen LogP contribution in [0, 0.1) is 11.3 Å². The van der Waals surface area contributed by atoms with Crippen molar-refractivity contribution in [3.63, 3.8) is 0 Å². The Morgan fingerprint density at radius 2 is 2.28 bits per heavy atom. The number of fused-ring (bicyclic) bond motifs is 1. The molecule has 2 saturated carbocycles. The van der Waals surface area contributed by atoms with E-state index in [2.05, 4.69) is 6.92 Å². The van der Waals surface area contributed by atoms with Gasteiger partial charge in [0.25, 0.3) is 0 Å². The minimum absolute atomic E-state index is 0.102. The predicted octanol–water partition coefficient (Wildman–Crippen LogP) is 4.22. The fourth-order valence-electron chi connectivity index (χ4n) is 3.66. The molecule has 0 aliphatic heterocycles. The van der Waals surface area contributed by atoms with Gasteiger partial charge in [-0.05, 0) is 55.4 Å². The molecule has 2 heteroatoms. The highest BCUT2D eigenvalue weighted by atomic mass is 16.3. The highest BCUT2D eigenvalue weighted by Crippen LogP contribution is 2.49. The number of hydrogen-bond acceptors (Lipinski definition) is 2. The first-order valence-electron chi connectivity index (χ1n) is 6.99. The summed E-state index contributed by atoms with van der Waals surface area (Å²) in [5.41, 5.74) is 0.861. The predicted molar refractivity (Wildman–Crippen MR) is 71.0 cm³/mol. The van der Waals surface area contributed by atoms with Crippen molar-refractivity contribution in [1.29, 1.82) is 0 Å². The first-order valence-corrected chi connectivity index (χ1v) is 6.99. The van der Waals surface area contributed by atoms with Crippen molar-refractivity contribution >= 4 is 11.9 Å². The van der Waals surface area contributed by atoms with Crippen molar-refractivity contribution in [3.05, 3.63) is 29.7 Å². The standard InChI is InChI=1S/C16H20O2/c1-16-9-3-2-5-13(16)8-7-12(15(16)17)11-14-6-4-10-18-14/h4,6,10-11,13H,2-3,5,7-9H2,1H3. The fourth-order valence-corrected chi connectivity index (χ4v) is 3.66. The van der Waals surface area contributed by atoms with E-state index in [-0.39, 0.29) is 5.41 Å². The minimum Gasteiger partial charge on any atom is -0.465 e. The van der Waals surface area contributed by atoms with Gasteiger partial charge >= 0.3 is 0 Å². The Balaban J connectivity index is 1.89. The molecule has 0 aromatic carbocycles. The Morgan fingerprint density at radius 1 is 1.39 bits per heavy atom. The third-order valence-electron chi connectivity index (χ3n) is 4.83. The van der Waals surface area contributed by atoms with E-state index in [1.807, 2.05) is 18.2 Å². The van der Waals surface area contributed by atoms with Crippen molar-refractivity contribution in [3.8, 4) is 0 Å². The van der Waals surface area contributed by atoms with E-state index in [9.17, 15) is 4.79 Å². The Labute approximate surface area is 108 Å². The smallest absolute Gasteiger partial charge is 0.165 e. The zero-order chi connectivity index (χ0) is 12.6. The second-order valence-electron chi connectivity index (χ2n) is 5.91. The Bertz CT molecular complexity index is 469. The molecule has 0 N–H and O–H groups in total. The van der Waals surface area contributed by atoms with Crippen LogP contribution in [-0.2, 0) is 4.79 Å². The van der Waals surface area contributed by atoms with E-state index in [1.165, 1.54) is 19.3 Å². The lowest BCUT2D eigenvalue weighted by atomic mass is 9.58. The summed E-state index contributed by atoms with van der Waals surface area (Å²) >= 11 is 0. The van der Waals surface area contributed by atoms with Crippen LogP contribution in [0.4, 0.5) is 0 Å². The average molecular weight is 244 g/mol. The second kappa shape index (κ2) is 4.42. The summed E-state index contributed by atoms with van der Waals surface area (Å²) in [6.45, 7) is 2.17. The van der Waals surface area contributed by atoms with Crippen molar-refractivity contribution in [2.24, 2.45) is 11.3 Å². The highest BCUT2D eigenvalue weighted by molar-refractivity contribution is 6.04. The van der Waals surface area contributed by atoms with E-state index in [4.69, 9.17) is 4.42 Å². The van der Waals surface area contributed by atoms with E-state index >= 15 is 0 Å². The van der Waals surface area contributed by atoms with Gasteiger partial charge in [0.05, 0.1) is 6.26 Å². The zero-order valence-electron chi connectivity index (χ0n) is 10.9. The zero-order valence-corrected chi connectivity index (χ0v) is 10.9. The van der Waals surface area contributed by atoms with Crippen LogP contribution >= 0.6 is 0 Å². The summed E-state index contributed by atoms with van der Waals surface area (Å²) in [6, 6.07) is 3.78. The number of hydrogen-bond donors (Lipinski definition) is 0. The number of ketones is 1. The minimum atomic E-state index is -0.102. The first-order chi connectivity index (χ1) is 8.70. The van der Waals surface area contributed by atoms with Gasteiger partial charge in [0.2, 0.25) is 0 Å². The molecule has 2 aliphatic carbocycles. The third-order valence-corrected chi connectivity index (χ3v) is 4.83. The van der Waals surface area contributed by atoms with Gasteiger partial charge in [0, 0.05) is 5.41 Å². The molecule has 18 heavy (non-hydrogen) atoms. The van der Waals surface area contributed by atoms with Crippen LogP contribution in [0.5, 0.6) is 0 Å². The maximum atomic E-state index is 12.7. The van der Waals surface area contributed by atoms with Gasteiger partial charge in [-0.3, -0.25) is 4.79 Å². The summed E-state index contributed by atoms with van der Waals surface area (Å²) in [5, 5.41) is 0. The van der Waals surface area contributed by atoms with E-state index < -0.39 is 0 Å². The van der Waals surface area contributed by atoms with Gasteiger partial charge < -0.3 is 4.42 Å². The summed E-state index contributed by atoms with van der Waals surface area (Å²) in [7, 11) is 0. The molecule has 1 aromatic rings. The molecule has 0 saturated heterocycles. The fraction of sp³-hybridized carbons (Fsp3) is 0.562. The number of allylic oxidation sites excluding steroid dienone is 1. The number of carbonyl (C=O) groups excluding carboxylic acids is 1. The summed E-state index contributed by atoms with van der Waals surface area (Å²) < 4.78 is 5.32. The molecule has 1 heterocycles. The number of carbonyl (C=O) groups is 1. The molecule has 1 aromatic heterocycles. The molecular formula is C16H20O2. The lowest BCUT2D eigenvalue weighted by molar-refractivity contribution is -0.131. The van der Waals surface area contributed by atoms with Crippen molar-refractivity contribution < 1.29 is 9.21 Å². The van der Waals surface area contributed by atoms with Crippen molar-refractivity contribution in [2.75, 3.05) is 0 Å². The first kappa shape index (κ1) is 11.8. The normalized spacial score (nSPS) is 34.6. The molecule has 0 radical (unpaired) electrons. The quantitative estimate of drug-likeness (QED) is 0.692. The molecule has 2 aliphatic rings. The van der Waals surface area contributed by atoms with Gasteiger partial charge in [-0.1, -0.05) is 19.8 Å². The molecule has 96 valence electrons. The molecule has 0 spiro atoms. The van der Waals surface area contributed by atoms with Gasteiger partial charge in [-0.25, -0.2) is 0 Å². The average Bonchev–Trinajstić information content (AvgIpc) is 2.87. The van der Waals surface area contributed by atoms with Crippen LogP contribution in [0.25, 0.3) is 6.08 Å². The van der Waals surface area contributed by atoms with E-state index in [0.29, 0.717) is 11.7 Å². The summed E-state index contributed by atoms with van der Waals surface area (Å²) in [5.74, 6) is 1.78. The lowest BCUT2D eigenvalue weighted by Crippen LogP contribution is -2.42. The van der Waals surface area contributed by atoms with Crippen LogP contribution in [0.15, 0.2) is 28.4 Å². The van der Waals surface area contributed by atoms with Crippen LogP contribution in [0.2, 0.25) is 0 Å². The maximum Gasteiger partial charge on any atom is 0.165 e. The van der Waals surface area contributed by atoms with Gasteiger partial charge in [-0.2, -0.15) is 0 Å². The topological polar surface area (TPSA) is 30.2 Å². The molecule has 2 fully saturated rings. The Hall–Kier alpha value is -1.31. The molecule has 0 amide bonds.